The maximum Gasteiger partial charge on any atom is 0.335 e. The van der Waals surface area contributed by atoms with Gasteiger partial charge in [0.1, 0.15) is 73.8 Å². The van der Waals surface area contributed by atoms with E-state index in [0.717, 1.165) is 0 Å². The topological polar surface area (TPSA) is 357 Å². The molecule has 0 amide bonds. The SMILES string of the molecule is CC(=O)OC(C)C(C)C(=O)OCC12C3CC(C)(C)C(O[C@@H]1C[C@]1(C)C3=CCC3C4(C)CC[C@H](O[C@H]5O[C@H](C(=O)O)[C@@H](O[C@@H]6O[C@H](CO)[C@@H](O)[C@H](O)[C@H]6O)[C@H](O)[C@H]5O[C@@H]5O[C@H](C)[C@H](O)[C@H](O)[C@H]5O)[C@](C)(CO)C4CCC31C)[C@@H]2O. The molecular formula is C55H86O23. The minimum Gasteiger partial charge on any atom is -0.479 e. The predicted octanol–water partition coefficient (Wildman–Crippen LogP) is -0.197. The fourth-order valence-electron chi connectivity index (χ4n) is 16.8. The molecule has 0 aromatic carbocycles. The van der Waals surface area contributed by atoms with Gasteiger partial charge < -0.3 is 98.8 Å². The Labute approximate surface area is 454 Å². The minimum absolute atomic E-state index is 0.0454. The summed E-state index contributed by atoms with van der Waals surface area (Å²) in [6.45, 7) is 17.8. The Kier molecular flexibility index (Phi) is 16.4. The van der Waals surface area contributed by atoms with Crippen LogP contribution in [0, 0.1) is 56.2 Å². The fourth-order valence-corrected chi connectivity index (χ4v) is 16.8. The van der Waals surface area contributed by atoms with Crippen LogP contribution in [0.5, 0.6) is 0 Å². The molecule has 0 radical (unpaired) electrons. The zero-order valence-electron chi connectivity index (χ0n) is 46.3. The molecule has 2 bridgehead atoms. The van der Waals surface area contributed by atoms with Gasteiger partial charge in [0.15, 0.2) is 25.0 Å². The second-order valence-corrected chi connectivity index (χ2v) is 26.2. The van der Waals surface area contributed by atoms with Crippen LogP contribution < -0.4 is 0 Å². The normalized spacial score (nSPS) is 52.1. The molecule has 78 heavy (non-hydrogen) atoms. The first kappa shape index (κ1) is 60.1. The van der Waals surface area contributed by atoms with E-state index >= 15 is 0 Å². The zero-order chi connectivity index (χ0) is 57.3. The van der Waals surface area contributed by atoms with Crippen molar-refractivity contribution in [3.05, 3.63) is 11.6 Å². The third-order valence-corrected chi connectivity index (χ3v) is 21.7. The number of carbonyl (C=O) groups excluding carboxylic acids is 2. The van der Waals surface area contributed by atoms with Crippen molar-refractivity contribution >= 4 is 17.9 Å². The van der Waals surface area contributed by atoms with E-state index < -0.39 is 180 Å². The summed E-state index contributed by atoms with van der Waals surface area (Å²) in [5.74, 6) is -3.83. The summed E-state index contributed by atoms with van der Waals surface area (Å²) >= 11 is 0. The van der Waals surface area contributed by atoms with Crippen LogP contribution in [0.3, 0.4) is 0 Å². The van der Waals surface area contributed by atoms with Gasteiger partial charge in [0, 0.05) is 12.3 Å². The highest BCUT2D eigenvalue weighted by Crippen LogP contribution is 2.77. The molecule has 29 atom stereocenters. The van der Waals surface area contributed by atoms with Gasteiger partial charge in [0.05, 0.1) is 55.1 Å². The summed E-state index contributed by atoms with van der Waals surface area (Å²) in [6.07, 6.45) is -24.1. The number of esters is 2. The van der Waals surface area contributed by atoms with Crippen molar-refractivity contribution in [1.29, 1.82) is 0 Å². The number of rotatable bonds is 14. The number of aliphatic hydroxyl groups excluding tert-OH is 10. The minimum atomic E-state index is -2.10. The molecule has 4 aliphatic heterocycles. The quantitative estimate of drug-likeness (QED) is 0.0610. The van der Waals surface area contributed by atoms with Crippen molar-refractivity contribution in [2.75, 3.05) is 19.8 Å². The van der Waals surface area contributed by atoms with Gasteiger partial charge in [0.25, 0.3) is 0 Å². The van der Waals surface area contributed by atoms with Gasteiger partial charge in [0.2, 0.25) is 0 Å². The first-order valence-electron chi connectivity index (χ1n) is 27.9. The Bertz CT molecular complexity index is 2270. The van der Waals surface area contributed by atoms with Gasteiger partial charge in [-0.3, -0.25) is 9.59 Å². The van der Waals surface area contributed by atoms with Crippen molar-refractivity contribution < 1.29 is 113 Å². The fraction of sp³-hybridized carbons (Fsp3) is 0.909. The Morgan fingerprint density at radius 3 is 2.00 bits per heavy atom. The molecule has 0 spiro atoms. The van der Waals surface area contributed by atoms with E-state index in [4.69, 9.17) is 42.6 Å². The van der Waals surface area contributed by atoms with Crippen LogP contribution in [0.2, 0.25) is 0 Å². The molecule has 23 nitrogen and oxygen atoms in total. The van der Waals surface area contributed by atoms with Gasteiger partial charge in [-0.15, -0.1) is 0 Å². The number of carboxylic acid groups (broad SMARTS) is 1. The van der Waals surface area contributed by atoms with Crippen molar-refractivity contribution in [3.8, 4) is 0 Å². The summed E-state index contributed by atoms with van der Waals surface area (Å²) < 4.78 is 54.7. The number of carbonyl (C=O) groups is 3. The highest BCUT2D eigenvalue weighted by Gasteiger charge is 2.76. The standard InChI is InChI=1S/C55H86O23/c1-22(23(2)71-25(4)58)46(69)70-21-55-27-17-50(5,6)44(43(55)66)74-32(55)18-54(10)26(27)11-12-30-51(7)15-14-31(52(8,20-57)29(51)13-16-53(30,54)9)75-49-41(77-47-37(63)35(61)33(59)24(3)72-47)39(65)40(42(78-49)45(67)68)76-48-38(64)36(62)34(60)28(19-56)73-48/h11,22-24,27-44,47-49,56-57,59-66H,12-21H2,1-10H3,(H,67,68)/t22?,23?,24-,27?,28-,29?,30?,31+,32-,33+,34-,35+,36+,37-,38-,39+,40+,41-,42+,43+,44?,47+,48+,49+,51?,52-,53?,54-,55?/m1/s1. The summed E-state index contributed by atoms with van der Waals surface area (Å²) in [4.78, 5) is 38.5. The summed E-state index contributed by atoms with van der Waals surface area (Å²) in [7, 11) is 0. The average Bonchev–Trinajstić information content (AvgIpc) is 1.97. The van der Waals surface area contributed by atoms with E-state index in [2.05, 4.69) is 40.7 Å². The smallest absolute Gasteiger partial charge is 0.335 e. The van der Waals surface area contributed by atoms with Crippen molar-refractivity contribution in [2.45, 2.75) is 237 Å². The molecule has 9 aliphatic rings. The number of aliphatic carboxylic acids is 1. The molecule has 4 saturated heterocycles. The van der Waals surface area contributed by atoms with E-state index in [0.29, 0.717) is 44.9 Å². The van der Waals surface area contributed by atoms with Gasteiger partial charge in [-0.1, -0.05) is 53.2 Å². The zero-order valence-corrected chi connectivity index (χ0v) is 46.3. The lowest BCUT2D eigenvalue weighted by Gasteiger charge is -2.71. The van der Waals surface area contributed by atoms with Crippen LogP contribution in [0.15, 0.2) is 11.6 Å². The molecule has 23 heteroatoms. The molecule has 0 aromatic rings. The van der Waals surface area contributed by atoms with Crippen LogP contribution in [-0.2, 0) is 57.0 Å². The van der Waals surface area contributed by atoms with Gasteiger partial charge in [-0.2, -0.15) is 0 Å². The van der Waals surface area contributed by atoms with Crippen LogP contribution in [-0.4, -0.2) is 217 Å². The monoisotopic (exact) mass is 1110 g/mol. The summed E-state index contributed by atoms with van der Waals surface area (Å²) in [5, 5.41) is 121. The average molecular weight is 1120 g/mol. The van der Waals surface area contributed by atoms with Crippen LogP contribution in [0.25, 0.3) is 0 Å². The van der Waals surface area contributed by atoms with Crippen LogP contribution >= 0.6 is 0 Å². The number of ether oxygens (including phenoxy) is 9. The molecule has 4 heterocycles. The number of allylic oxidation sites excluding steroid dienone is 2. The molecule has 4 saturated carbocycles. The van der Waals surface area contributed by atoms with E-state index in [9.17, 15) is 70.6 Å². The van der Waals surface area contributed by atoms with Crippen molar-refractivity contribution in [2.24, 2.45) is 56.2 Å². The highest BCUT2D eigenvalue weighted by atomic mass is 16.8. The Balaban J connectivity index is 1.00. The lowest BCUT2D eigenvalue weighted by molar-refractivity contribution is -0.390. The second-order valence-electron chi connectivity index (χ2n) is 26.2. The van der Waals surface area contributed by atoms with E-state index in [1.165, 1.54) is 19.4 Å². The number of carboxylic acids is 1. The molecule has 9 rings (SSSR count). The molecule has 444 valence electrons. The van der Waals surface area contributed by atoms with Crippen molar-refractivity contribution in [1.82, 2.24) is 0 Å². The first-order chi connectivity index (χ1) is 36.4. The number of aliphatic hydroxyl groups is 10. The molecule has 5 aliphatic carbocycles. The van der Waals surface area contributed by atoms with E-state index in [-0.39, 0.29) is 36.4 Å². The number of hydrogen-bond acceptors (Lipinski definition) is 22. The summed E-state index contributed by atoms with van der Waals surface area (Å²) in [6, 6.07) is 0. The van der Waals surface area contributed by atoms with Crippen LogP contribution in [0.1, 0.15) is 114 Å². The Morgan fingerprint density at radius 2 is 1.37 bits per heavy atom. The third kappa shape index (κ3) is 9.23. The van der Waals surface area contributed by atoms with Crippen molar-refractivity contribution in [3.63, 3.8) is 0 Å². The van der Waals surface area contributed by atoms with E-state index in [1.807, 2.05) is 6.92 Å². The lowest BCUT2D eigenvalue weighted by Crippen LogP contribution is -2.69. The highest BCUT2D eigenvalue weighted by molar-refractivity contribution is 5.74. The maximum absolute atomic E-state index is 13.6. The Morgan fingerprint density at radius 1 is 0.731 bits per heavy atom. The molecule has 9 unspecified atom stereocenters. The molecule has 0 aromatic heterocycles. The lowest BCUT2D eigenvalue weighted by atomic mass is 9.33. The van der Waals surface area contributed by atoms with Crippen LogP contribution in [0.4, 0.5) is 0 Å². The van der Waals surface area contributed by atoms with E-state index in [1.54, 1.807) is 13.8 Å². The third-order valence-electron chi connectivity index (χ3n) is 21.7. The summed E-state index contributed by atoms with van der Waals surface area (Å²) in [5.41, 5.74) is -2.42. The maximum atomic E-state index is 13.6. The first-order valence-corrected chi connectivity index (χ1v) is 27.9. The molecule has 8 fully saturated rings. The Hall–Kier alpha value is -2.53. The number of hydrogen-bond donors (Lipinski definition) is 11. The van der Waals surface area contributed by atoms with Gasteiger partial charge in [-0.25, -0.2) is 4.79 Å². The van der Waals surface area contributed by atoms with Gasteiger partial charge in [-0.05, 0) is 105 Å². The molecular weight excluding hydrogens is 1030 g/mol. The largest absolute Gasteiger partial charge is 0.479 e. The predicted molar refractivity (Wildman–Crippen MR) is 266 cm³/mol. The molecule has 11 N–H and O–H groups in total. The second kappa shape index (κ2) is 21.3. The van der Waals surface area contributed by atoms with Gasteiger partial charge >= 0.3 is 17.9 Å². The number of fused-ring (bicyclic) bond motifs is 7.